The van der Waals surface area contributed by atoms with Crippen LogP contribution in [0.1, 0.15) is 33.7 Å². The average molecular weight is 409 g/mol. The molecule has 3 aromatic rings. The minimum Gasteiger partial charge on any atom is -0.489 e. The largest absolute Gasteiger partial charge is 0.489 e. The molecular weight excluding hydrogens is 386 g/mol. The first kappa shape index (κ1) is 19.8. The third kappa shape index (κ3) is 4.07. The van der Waals surface area contributed by atoms with Crippen LogP contribution in [0.25, 0.3) is 11.0 Å². The van der Waals surface area contributed by atoms with Crippen molar-refractivity contribution in [2.75, 3.05) is 13.1 Å². The zero-order valence-electron chi connectivity index (χ0n) is 16.8. The predicted molar refractivity (Wildman–Crippen MR) is 110 cm³/mol. The first-order valence-electron chi connectivity index (χ1n) is 9.76. The van der Waals surface area contributed by atoms with Gasteiger partial charge in [-0.2, -0.15) is 0 Å². The van der Waals surface area contributed by atoms with Gasteiger partial charge < -0.3 is 24.5 Å². The molecule has 1 atom stereocenters. The number of aryl methyl sites for hydroxylation is 2. The fourth-order valence-corrected chi connectivity index (χ4v) is 3.74. The second kappa shape index (κ2) is 8.06. The summed E-state index contributed by atoms with van der Waals surface area (Å²) in [7, 11) is 0. The first-order valence-corrected chi connectivity index (χ1v) is 9.76. The molecule has 2 amide bonds. The van der Waals surface area contributed by atoms with Gasteiger partial charge in [0.2, 0.25) is 0 Å². The van der Waals surface area contributed by atoms with Crippen LogP contribution in [0.2, 0.25) is 0 Å². The summed E-state index contributed by atoms with van der Waals surface area (Å²) in [6.07, 6.45) is 3.16. The molecule has 0 saturated carbocycles. The highest BCUT2D eigenvalue weighted by Gasteiger charge is 2.28. The third-order valence-corrected chi connectivity index (χ3v) is 5.19. The second-order valence-electron chi connectivity index (χ2n) is 7.54. The van der Waals surface area contributed by atoms with Crippen molar-refractivity contribution in [3.8, 4) is 5.75 Å². The van der Waals surface area contributed by atoms with Gasteiger partial charge in [0.15, 0.2) is 0 Å². The lowest BCUT2D eigenvalue weighted by Crippen LogP contribution is -2.38. The summed E-state index contributed by atoms with van der Waals surface area (Å²) in [4.78, 5) is 29.5. The summed E-state index contributed by atoms with van der Waals surface area (Å²) in [5.74, 6) is 0.857. The van der Waals surface area contributed by atoms with Crippen LogP contribution in [0.3, 0.4) is 0 Å². The van der Waals surface area contributed by atoms with Crippen LogP contribution in [-0.2, 0) is 6.61 Å². The van der Waals surface area contributed by atoms with Gasteiger partial charge in [0.05, 0.1) is 5.56 Å². The Morgan fingerprint density at radius 2 is 2.13 bits per heavy atom. The van der Waals surface area contributed by atoms with E-state index in [1.807, 2.05) is 13.0 Å². The highest BCUT2D eigenvalue weighted by molar-refractivity contribution is 6.07. The number of carbonyl (C=O) groups excluding carboxylic acids is 1. The van der Waals surface area contributed by atoms with Crippen molar-refractivity contribution >= 4 is 23.0 Å². The van der Waals surface area contributed by atoms with E-state index in [-0.39, 0.29) is 18.5 Å². The van der Waals surface area contributed by atoms with Crippen LogP contribution in [-0.4, -0.2) is 46.1 Å². The van der Waals surface area contributed by atoms with Crippen LogP contribution in [0.5, 0.6) is 5.75 Å². The summed E-state index contributed by atoms with van der Waals surface area (Å²) in [6, 6.07) is 7.17. The van der Waals surface area contributed by atoms with E-state index >= 15 is 0 Å². The maximum Gasteiger partial charge on any atom is 0.407 e. The number of carbonyl (C=O) groups is 2. The Morgan fingerprint density at radius 1 is 1.30 bits per heavy atom. The number of furan rings is 1. The second-order valence-corrected chi connectivity index (χ2v) is 7.54. The van der Waals surface area contributed by atoms with Crippen LogP contribution >= 0.6 is 0 Å². The molecule has 156 valence electrons. The fourth-order valence-electron chi connectivity index (χ4n) is 3.74. The highest BCUT2D eigenvalue weighted by atomic mass is 16.5. The van der Waals surface area contributed by atoms with E-state index in [0.29, 0.717) is 47.6 Å². The van der Waals surface area contributed by atoms with Crippen molar-refractivity contribution in [1.82, 2.24) is 15.2 Å². The van der Waals surface area contributed by atoms with Gasteiger partial charge in [-0.3, -0.25) is 9.78 Å². The van der Waals surface area contributed by atoms with E-state index in [1.54, 1.807) is 37.5 Å². The molecule has 1 aliphatic heterocycles. The molecule has 0 aliphatic carbocycles. The SMILES string of the molecule is Cc1cncc(COc2ccc3oc(C)c(C(=O)N[C@H]4CCN(C(=O)O)C4)c3c2)c1. The number of ether oxygens (including phenoxy) is 1. The molecule has 1 aromatic carbocycles. The van der Waals surface area contributed by atoms with Crippen molar-refractivity contribution in [3.05, 3.63) is 59.1 Å². The van der Waals surface area contributed by atoms with Crippen molar-refractivity contribution in [2.45, 2.75) is 32.9 Å². The molecule has 8 heteroatoms. The number of aromatic nitrogens is 1. The fraction of sp³-hybridized carbons (Fsp3) is 0.318. The van der Waals surface area contributed by atoms with Gasteiger partial charge in [0.25, 0.3) is 5.91 Å². The summed E-state index contributed by atoms with van der Waals surface area (Å²) >= 11 is 0. The monoisotopic (exact) mass is 409 g/mol. The quantitative estimate of drug-likeness (QED) is 0.668. The van der Waals surface area contributed by atoms with Crippen molar-refractivity contribution in [2.24, 2.45) is 0 Å². The molecule has 2 aromatic heterocycles. The number of hydrogen-bond donors (Lipinski definition) is 2. The maximum atomic E-state index is 12.9. The standard InChI is InChI=1S/C22H23N3O5/c1-13-7-15(10-23-9-13)12-29-17-3-4-19-18(8-17)20(14(2)30-19)21(26)24-16-5-6-25(11-16)22(27)28/h3-4,7-10,16H,5-6,11-12H2,1-2H3,(H,24,26)(H,27,28)/t16-/m0/s1. The Bertz CT molecular complexity index is 1110. The Kier molecular flexibility index (Phi) is 5.31. The molecule has 0 spiro atoms. The van der Waals surface area contributed by atoms with Gasteiger partial charge >= 0.3 is 6.09 Å². The molecule has 3 heterocycles. The lowest BCUT2D eigenvalue weighted by Gasteiger charge is -2.14. The normalized spacial score (nSPS) is 16.1. The van der Waals surface area contributed by atoms with Gasteiger partial charge in [0.1, 0.15) is 23.7 Å². The van der Waals surface area contributed by atoms with Gasteiger partial charge in [-0.25, -0.2) is 4.79 Å². The summed E-state index contributed by atoms with van der Waals surface area (Å²) in [6.45, 7) is 4.78. The van der Waals surface area contributed by atoms with Crippen molar-refractivity contribution in [1.29, 1.82) is 0 Å². The number of rotatable bonds is 5. The molecular formula is C22H23N3O5. The number of hydrogen-bond acceptors (Lipinski definition) is 5. The number of pyridine rings is 1. The molecule has 1 fully saturated rings. The summed E-state index contributed by atoms with van der Waals surface area (Å²) < 4.78 is 11.6. The van der Waals surface area contributed by atoms with E-state index in [1.165, 1.54) is 4.90 Å². The number of benzene rings is 1. The Morgan fingerprint density at radius 3 is 2.87 bits per heavy atom. The van der Waals surface area contributed by atoms with Crippen molar-refractivity contribution in [3.63, 3.8) is 0 Å². The van der Waals surface area contributed by atoms with E-state index in [0.717, 1.165) is 11.1 Å². The van der Waals surface area contributed by atoms with Crippen LogP contribution in [0.15, 0.2) is 41.1 Å². The minimum atomic E-state index is -0.970. The van der Waals surface area contributed by atoms with Crippen molar-refractivity contribution < 1.29 is 23.8 Å². The van der Waals surface area contributed by atoms with Gasteiger partial charge in [-0.1, -0.05) is 0 Å². The lowest BCUT2D eigenvalue weighted by molar-refractivity contribution is 0.0935. The number of amides is 2. The smallest absolute Gasteiger partial charge is 0.407 e. The molecule has 2 N–H and O–H groups in total. The molecule has 0 bridgehead atoms. The van der Waals surface area contributed by atoms with Crippen LogP contribution in [0, 0.1) is 13.8 Å². The predicted octanol–water partition coefficient (Wildman–Crippen LogP) is 3.51. The van der Waals surface area contributed by atoms with Gasteiger partial charge in [-0.15, -0.1) is 0 Å². The number of fused-ring (bicyclic) bond motifs is 1. The highest BCUT2D eigenvalue weighted by Crippen LogP contribution is 2.29. The summed E-state index contributed by atoms with van der Waals surface area (Å²) in [5, 5.41) is 12.7. The molecule has 0 radical (unpaired) electrons. The maximum absolute atomic E-state index is 12.9. The van der Waals surface area contributed by atoms with E-state index in [9.17, 15) is 9.59 Å². The van der Waals surface area contributed by atoms with Crippen LogP contribution in [0.4, 0.5) is 4.79 Å². The number of carboxylic acid groups (broad SMARTS) is 1. The van der Waals surface area contributed by atoms with Gasteiger partial charge in [-0.05, 0) is 50.1 Å². The lowest BCUT2D eigenvalue weighted by atomic mass is 10.1. The van der Waals surface area contributed by atoms with E-state index < -0.39 is 6.09 Å². The molecule has 8 nitrogen and oxygen atoms in total. The van der Waals surface area contributed by atoms with Gasteiger partial charge in [0, 0.05) is 42.5 Å². The Balaban J connectivity index is 1.51. The average Bonchev–Trinajstić information content (AvgIpc) is 3.29. The number of nitrogens with one attached hydrogen (secondary N) is 1. The molecule has 1 saturated heterocycles. The zero-order chi connectivity index (χ0) is 21.3. The molecule has 1 aliphatic rings. The molecule has 30 heavy (non-hydrogen) atoms. The van der Waals surface area contributed by atoms with Crippen LogP contribution < -0.4 is 10.1 Å². The van der Waals surface area contributed by atoms with E-state index in [2.05, 4.69) is 10.3 Å². The number of likely N-dealkylation sites (tertiary alicyclic amines) is 1. The third-order valence-electron chi connectivity index (χ3n) is 5.19. The Hall–Kier alpha value is -3.55. The number of nitrogens with zero attached hydrogens (tertiary/aromatic N) is 2. The molecule has 4 rings (SSSR count). The topological polar surface area (TPSA) is 105 Å². The first-order chi connectivity index (χ1) is 14.4. The summed E-state index contributed by atoms with van der Waals surface area (Å²) in [5.41, 5.74) is 3.06. The molecule has 0 unspecified atom stereocenters. The van der Waals surface area contributed by atoms with E-state index in [4.69, 9.17) is 14.3 Å². The minimum absolute atomic E-state index is 0.216. The zero-order valence-corrected chi connectivity index (χ0v) is 16.8. The Labute approximate surface area is 173 Å².